The summed E-state index contributed by atoms with van der Waals surface area (Å²) in [5, 5.41) is 9.42. The minimum atomic E-state index is -4.58. The van der Waals surface area contributed by atoms with Crippen molar-refractivity contribution in [3.8, 4) is 0 Å². The zero-order valence-corrected chi connectivity index (χ0v) is 11.4. The lowest BCUT2D eigenvalue weighted by molar-refractivity contribution is -0.198. The molecule has 2 atom stereocenters. The van der Waals surface area contributed by atoms with Crippen LogP contribution < -0.4 is 0 Å². The third-order valence-electron chi connectivity index (χ3n) is 3.83. The summed E-state index contributed by atoms with van der Waals surface area (Å²) in [6.07, 6.45) is -3.17. The predicted octanol–water partition coefficient (Wildman–Crippen LogP) is 4.26. The molecule has 0 aromatic heterocycles. The normalized spacial score (nSPS) is 16.2. The van der Waals surface area contributed by atoms with Crippen LogP contribution in [0.25, 0.3) is 6.08 Å². The standard InChI is InChI=1S/C15H17F3O2/c1-4-11-6-8-12(9-7-11)14(5-2,13(19)20)10(3)15(16,17)18/h4,6-10H,1,5H2,2-3H3,(H,19,20)/t10-,14?/m1/s1. The van der Waals surface area contributed by atoms with Gasteiger partial charge < -0.3 is 5.11 Å². The minimum Gasteiger partial charge on any atom is -0.481 e. The van der Waals surface area contributed by atoms with Crippen LogP contribution in [-0.2, 0) is 10.2 Å². The quantitative estimate of drug-likeness (QED) is 0.878. The lowest BCUT2D eigenvalue weighted by Crippen LogP contribution is -2.47. The molecule has 110 valence electrons. The largest absolute Gasteiger partial charge is 0.481 e. The number of benzene rings is 1. The number of rotatable bonds is 5. The van der Waals surface area contributed by atoms with Crippen molar-refractivity contribution in [3.63, 3.8) is 0 Å². The fourth-order valence-electron chi connectivity index (χ4n) is 2.42. The van der Waals surface area contributed by atoms with E-state index < -0.39 is 23.5 Å². The van der Waals surface area contributed by atoms with Gasteiger partial charge >= 0.3 is 12.1 Å². The Morgan fingerprint density at radius 2 is 1.85 bits per heavy atom. The maximum absolute atomic E-state index is 13.0. The molecule has 1 aromatic rings. The molecule has 0 amide bonds. The predicted molar refractivity (Wildman–Crippen MR) is 71.4 cm³/mol. The maximum Gasteiger partial charge on any atom is 0.392 e. The van der Waals surface area contributed by atoms with E-state index in [0.717, 1.165) is 12.5 Å². The van der Waals surface area contributed by atoms with Crippen molar-refractivity contribution < 1.29 is 23.1 Å². The summed E-state index contributed by atoms with van der Waals surface area (Å²) in [5.74, 6) is -3.44. The van der Waals surface area contributed by atoms with Crippen LogP contribution in [-0.4, -0.2) is 17.3 Å². The monoisotopic (exact) mass is 286 g/mol. The molecule has 0 saturated heterocycles. The van der Waals surface area contributed by atoms with Crippen LogP contribution in [0.4, 0.5) is 13.2 Å². The highest BCUT2D eigenvalue weighted by Crippen LogP contribution is 2.44. The highest BCUT2D eigenvalue weighted by molar-refractivity contribution is 5.82. The second-order valence-electron chi connectivity index (χ2n) is 4.72. The van der Waals surface area contributed by atoms with Crippen LogP contribution in [0.5, 0.6) is 0 Å². The van der Waals surface area contributed by atoms with Crippen LogP contribution in [0.2, 0.25) is 0 Å². The van der Waals surface area contributed by atoms with Crippen LogP contribution in [0, 0.1) is 5.92 Å². The van der Waals surface area contributed by atoms with Crippen LogP contribution in [0.1, 0.15) is 31.4 Å². The van der Waals surface area contributed by atoms with Gasteiger partial charge in [0.2, 0.25) is 0 Å². The number of carbonyl (C=O) groups is 1. The summed E-state index contributed by atoms with van der Waals surface area (Å²) >= 11 is 0. The molecule has 0 aliphatic rings. The number of halogens is 3. The van der Waals surface area contributed by atoms with E-state index in [2.05, 4.69) is 6.58 Å². The highest BCUT2D eigenvalue weighted by atomic mass is 19.4. The van der Waals surface area contributed by atoms with E-state index in [1.165, 1.54) is 19.1 Å². The van der Waals surface area contributed by atoms with Crippen LogP contribution in [0.3, 0.4) is 0 Å². The molecule has 1 aromatic carbocycles. The smallest absolute Gasteiger partial charge is 0.392 e. The molecule has 0 radical (unpaired) electrons. The molecule has 1 rings (SSSR count). The summed E-state index contributed by atoms with van der Waals surface area (Å²) < 4.78 is 39.1. The van der Waals surface area contributed by atoms with Gasteiger partial charge in [-0.1, -0.05) is 50.8 Å². The zero-order valence-electron chi connectivity index (χ0n) is 11.4. The van der Waals surface area contributed by atoms with E-state index >= 15 is 0 Å². The van der Waals surface area contributed by atoms with Crippen LogP contribution >= 0.6 is 0 Å². The zero-order chi connectivity index (χ0) is 15.6. The Kier molecular flexibility index (Phi) is 4.63. The Morgan fingerprint density at radius 1 is 1.35 bits per heavy atom. The molecule has 0 spiro atoms. The fraction of sp³-hybridized carbons (Fsp3) is 0.400. The van der Waals surface area contributed by atoms with E-state index in [4.69, 9.17) is 0 Å². The van der Waals surface area contributed by atoms with Crippen molar-refractivity contribution >= 4 is 12.0 Å². The second kappa shape index (κ2) is 5.69. The first-order valence-corrected chi connectivity index (χ1v) is 6.23. The summed E-state index contributed by atoms with van der Waals surface area (Å²) in [6, 6.07) is 5.99. The van der Waals surface area contributed by atoms with Gasteiger partial charge in [0.15, 0.2) is 0 Å². The molecule has 0 aliphatic carbocycles. The molecule has 0 bridgehead atoms. The van der Waals surface area contributed by atoms with E-state index in [0.29, 0.717) is 0 Å². The van der Waals surface area contributed by atoms with Gasteiger partial charge in [-0.3, -0.25) is 4.79 Å². The molecule has 20 heavy (non-hydrogen) atoms. The van der Waals surface area contributed by atoms with Crippen molar-refractivity contribution in [1.82, 2.24) is 0 Å². The fourth-order valence-corrected chi connectivity index (χ4v) is 2.42. The number of carboxylic acids is 1. The number of alkyl halides is 3. The van der Waals surface area contributed by atoms with Gasteiger partial charge in [0, 0.05) is 0 Å². The summed E-state index contributed by atoms with van der Waals surface area (Å²) in [6.45, 7) is 5.93. The number of carboxylic acid groups (broad SMARTS) is 1. The van der Waals surface area contributed by atoms with Crippen molar-refractivity contribution in [2.24, 2.45) is 5.92 Å². The van der Waals surface area contributed by atoms with Gasteiger partial charge in [0.05, 0.1) is 5.92 Å². The molecule has 5 heteroatoms. The van der Waals surface area contributed by atoms with Gasteiger partial charge in [-0.25, -0.2) is 0 Å². The average molecular weight is 286 g/mol. The highest BCUT2D eigenvalue weighted by Gasteiger charge is 2.55. The Hall–Kier alpha value is -1.78. The summed E-state index contributed by atoms with van der Waals surface area (Å²) in [7, 11) is 0. The van der Waals surface area contributed by atoms with Gasteiger partial charge in [0.1, 0.15) is 5.41 Å². The first kappa shape index (κ1) is 16.3. The third kappa shape index (κ3) is 2.71. The Bertz CT molecular complexity index is 491. The number of hydrogen-bond acceptors (Lipinski definition) is 1. The third-order valence-corrected chi connectivity index (χ3v) is 3.83. The molecule has 1 N–H and O–H groups in total. The molecule has 0 heterocycles. The average Bonchev–Trinajstić information content (AvgIpc) is 2.39. The second-order valence-corrected chi connectivity index (χ2v) is 4.72. The van der Waals surface area contributed by atoms with Crippen molar-refractivity contribution in [1.29, 1.82) is 0 Å². The maximum atomic E-state index is 13.0. The van der Waals surface area contributed by atoms with E-state index in [9.17, 15) is 23.1 Å². The summed E-state index contributed by atoms with van der Waals surface area (Å²) in [5.41, 5.74) is -1.09. The van der Waals surface area contributed by atoms with Gasteiger partial charge in [0.25, 0.3) is 0 Å². The lowest BCUT2D eigenvalue weighted by atomic mass is 9.68. The van der Waals surface area contributed by atoms with E-state index in [1.807, 2.05) is 0 Å². The van der Waals surface area contributed by atoms with Crippen molar-refractivity contribution in [3.05, 3.63) is 42.0 Å². The van der Waals surface area contributed by atoms with Gasteiger partial charge in [-0.2, -0.15) is 13.2 Å². The summed E-state index contributed by atoms with van der Waals surface area (Å²) in [4.78, 5) is 11.6. The Labute approximate surface area is 115 Å². The first-order chi connectivity index (χ1) is 9.20. The Morgan fingerprint density at radius 3 is 2.15 bits per heavy atom. The SMILES string of the molecule is C=Cc1ccc(C(CC)(C(=O)O)[C@@H](C)C(F)(F)F)cc1. The molecule has 2 nitrogen and oxygen atoms in total. The Balaban J connectivity index is 3.44. The van der Waals surface area contributed by atoms with Crippen molar-refractivity contribution in [2.75, 3.05) is 0 Å². The lowest BCUT2D eigenvalue weighted by Gasteiger charge is -2.36. The molecular weight excluding hydrogens is 269 g/mol. The molecular formula is C15H17F3O2. The minimum absolute atomic E-state index is 0.142. The molecule has 0 fully saturated rings. The van der Waals surface area contributed by atoms with Crippen LogP contribution in [0.15, 0.2) is 30.8 Å². The first-order valence-electron chi connectivity index (χ1n) is 6.23. The number of aliphatic carboxylic acids is 1. The van der Waals surface area contributed by atoms with E-state index in [1.54, 1.807) is 18.2 Å². The van der Waals surface area contributed by atoms with Gasteiger partial charge in [-0.05, 0) is 17.5 Å². The number of hydrogen-bond donors (Lipinski definition) is 1. The topological polar surface area (TPSA) is 37.3 Å². The molecule has 1 unspecified atom stereocenters. The van der Waals surface area contributed by atoms with Crippen molar-refractivity contribution in [2.45, 2.75) is 31.9 Å². The molecule has 0 saturated carbocycles. The van der Waals surface area contributed by atoms with Gasteiger partial charge in [-0.15, -0.1) is 0 Å². The molecule has 0 aliphatic heterocycles. The van der Waals surface area contributed by atoms with E-state index in [-0.39, 0.29) is 12.0 Å².